The summed E-state index contributed by atoms with van der Waals surface area (Å²) in [6, 6.07) is 4.07. The number of benzene rings is 1. The molecule has 224 valence electrons. The van der Waals surface area contributed by atoms with Gasteiger partial charge in [-0.05, 0) is 76.0 Å². The Labute approximate surface area is 240 Å². The summed E-state index contributed by atoms with van der Waals surface area (Å²) >= 11 is 0. The predicted molar refractivity (Wildman–Crippen MR) is 150 cm³/mol. The van der Waals surface area contributed by atoms with Crippen molar-refractivity contribution >= 4 is 23.6 Å². The highest BCUT2D eigenvalue weighted by molar-refractivity contribution is 5.91. The van der Waals surface area contributed by atoms with Gasteiger partial charge in [0.05, 0.1) is 19.3 Å². The molecule has 10 nitrogen and oxygen atoms in total. The standard InChI is InChI=1S/C30H42FN5O5/c1-30(2,3)41-29(39)36-21-7-5-18(10-21)26(36)28(38)33-24(27(32)37)11-17-4-6-20(12-23(17)31)35-9-8-19-13-34(14-25(19)35)22-15-40-16-22/h4,6,12,18-19,21-22,24-26H,5,7-11,13-16H2,1-3H3,(H2,32,37)(H,33,38)/t18?,19?,21-,24+,25?,26+/m1/s1. The van der Waals surface area contributed by atoms with Crippen LogP contribution in [0.2, 0.25) is 0 Å². The number of nitrogens with two attached hydrogens (primary N) is 1. The third-order valence-electron chi connectivity index (χ3n) is 9.62. The maximum atomic E-state index is 15.4. The first-order chi connectivity index (χ1) is 19.5. The lowest BCUT2D eigenvalue weighted by molar-refractivity contribution is -0.132. The molecule has 1 aromatic carbocycles. The van der Waals surface area contributed by atoms with E-state index in [4.69, 9.17) is 15.2 Å². The van der Waals surface area contributed by atoms with Gasteiger partial charge in [-0.1, -0.05) is 6.07 Å². The van der Waals surface area contributed by atoms with Crippen molar-refractivity contribution in [2.24, 2.45) is 17.6 Å². The molecule has 3 amide bonds. The number of piperidine rings is 1. The van der Waals surface area contributed by atoms with Crippen LogP contribution in [0, 0.1) is 17.7 Å². The molecule has 5 fully saturated rings. The van der Waals surface area contributed by atoms with E-state index in [-0.39, 0.29) is 18.4 Å². The Morgan fingerprint density at radius 3 is 2.56 bits per heavy atom. The molecule has 3 N–H and O–H groups in total. The number of anilines is 1. The zero-order valence-electron chi connectivity index (χ0n) is 24.2. The van der Waals surface area contributed by atoms with E-state index in [9.17, 15) is 14.4 Å². The van der Waals surface area contributed by atoms with E-state index in [2.05, 4.69) is 15.1 Å². The Balaban J connectivity index is 1.12. The van der Waals surface area contributed by atoms with Crippen molar-refractivity contribution < 1.29 is 28.2 Å². The number of ether oxygens (including phenoxy) is 2. The number of amides is 3. The van der Waals surface area contributed by atoms with E-state index in [0.29, 0.717) is 23.6 Å². The molecule has 0 radical (unpaired) electrons. The molecule has 4 saturated heterocycles. The van der Waals surface area contributed by atoms with E-state index >= 15 is 4.39 Å². The van der Waals surface area contributed by atoms with Crippen molar-refractivity contribution in [2.75, 3.05) is 37.7 Å². The van der Waals surface area contributed by atoms with Crippen LogP contribution in [0.4, 0.5) is 14.9 Å². The summed E-state index contributed by atoms with van der Waals surface area (Å²) in [5.41, 5.74) is 6.12. The summed E-state index contributed by atoms with van der Waals surface area (Å²) in [6.07, 6.45) is 2.84. The van der Waals surface area contributed by atoms with Crippen molar-refractivity contribution in [3.05, 3.63) is 29.6 Å². The lowest BCUT2D eigenvalue weighted by atomic mass is 9.97. The number of primary amides is 1. The van der Waals surface area contributed by atoms with Crippen LogP contribution >= 0.6 is 0 Å². The van der Waals surface area contributed by atoms with Gasteiger partial charge in [0.25, 0.3) is 0 Å². The van der Waals surface area contributed by atoms with E-state index in [1.807, 2.05) is 6.07 Å². The highest BCUT2D eigenvalue weighted by atomic mass is 19.1. The molecule has 3 unspecified atom stereocenters. The van der Waals surface area contributed by atoms with Crippen LogP contribution in [0.15, 0.2) is 18.2 Å². The second kappa shape index (κ2) is 10.7. The summed E-state index contributed by atoms with van der Waals surface area (Å²) in [5, 5.41) is 2.74. The van der Waals surface area contributed by atoms with Gasteiger partial charge in [-0.2, -0.15) is 0 Å². The van der Waals surface area contributed by atoms with Gasteiger partial charge in [0.1, 0.15) is 23.5 Å². The van der Waals surface area contributed by atoms with Crippen LogP contribution in [0.25, 0.3) is 0 Å². The monoisotopic (exact) mass is 571 g/mol. The number of likely N-dealkylation sites (tertiary alicyclic amines) is 2. The summed E-state index contributed by atoms with van der Waals surface area (Å²) < 4.78 is 26.4. The molecule has 1 aromatic rings. The molecule has 6 rings (SSSR count). The fraction of sp³-hybridized carbons (Fsp3) is 0.700. The van der Waals surface area contributed by atoms with Gasteiger partial charge in [-0.15, -0.1) is 0 Å². The van der Waals surface area contributed by atoms with Crippen LogP contribution < -0.4 is 16.0 Å². The molecule has 1 saturated carbocycles. The number of nitrogens with one attached hydrogen (secondary N) is 1. The van der Waals surface area contributed by atoms with Crippen molar-refractivity contribution in [3.8, 4) is 0 Å². The van der Waals surface area contributed by atoms with Gasteiger partial charge in [-0.25, -0.2) is 9.18 Å². The minimum absolute atomic E-state index is 0.00955. The molecular weight excluding hydrogens is 529 g/mol. The number of carbonyl (C=O) groups excluding carboxylic acids is 3. The van der Waals surface area contributed by atoms with Gasteiger partial charge in [-0.3, -0.25) is 19.4 Å². The smallest absolute Gasteiger partial charge is 0.411 e. The molecule has 0 aromatic heterocycles. The Hall–Kier alpha value is -2.92. The van der Waals surface area contributed by atoms with E-state index in [1.165, 1.54) is 11.0 Å². The molecule has 5 aliphatic rings. The van der Waals surface area contributed by atoms with Crippen molar-refractivity contribution in [3.63, 3.8) is 0 Å². The molecule has 2 bridgehead atoms. The maximum Gasteiger partial charge on any atom is 0.411 e. The fourth-order valence-electron chi connectivity index (χ4n) is 7.53. The summed E-state index contributed by atoms with van der Waals surface area (Å²) in [6.45, 7) is 9.85. The Bertz CT molecular complexity index is 1200. The van der Waals surface area contributed by atoms with Gasteiger partial charge in [0.2, 0.25) is 11.8 Å². The van der Waals surface area contributed by atoms with E-state index in [0.717, 1.165) is 64.2 Å². The number of hydrogen-bond donors (Lipinski definition) is 2. The van der Waals surface area contributed by atoms with Gasteiger partial charge >= 0.3 is 6.09 Å². The van der Waals surface area contributed by atoms with E-state index < -0.39 is 41.4 Å². The molecule has 11 heteroatoms. The Kier molecular flexibility index (Phi) is 7.38. The van der Waals surface area contributed by atoms with Crippen LogP contribution in [0.3, 0.4) is 0 Å². The summed E-state index contributed by atoms with van der Waals surface area (Å²) in [7, 11) is 0. The first kappa shape index (κ1) is 28.2. The fourth-order valence-corrected chi connectivity index (χ4v) is 7.53. The highest BCUT2D eigenvalue weighted by Gasteiger charge is 2.53. The average molecular weight is 572 g/mol. The minimum atomic E-state index is -1.10. The SMILES string of the molecule is CC(C)(C)OC(=O)N1[C@@H]2CCC(C2)[C@H]1C(=O)N[C@@H](Cc1ccc(N2CCC3CN(C4COC4)CC32)cc1F)C(N)=O. The molecule has 4 aliphatic heterocycles. The lowest BCUT2D eigenvalue weighted by Crippen LogP contribution is -2.57. The largest absolute Gasteiger partial charge is 0.444 e. The predicted octanol–water partition coefficient (Wildman–Crippen LogP) is 2.04. The second-order valence-electron chi connectivity index (χ2n) is 13.5. The lowest BCUT2D eigenvalue weighted by Gasteiger charge is -2.36. The van der Waals surface area contributed by atoms with Crippen LogP contribution in [0.5, 0.6) is 0 Å². The third kappa shape index (κ3) is 5.50. The zero-order valence-corrected chi connectivity index (χ0v) is 24.2. The van der Waals surface area contributed by atoms with Gasteiger partial charge in [0.15, 0.2) is 0 Å². The van der Waals surface area contributed by atoms with Crippen molar-refractivity contribution in [1.29, 1.82) is 0 Å². The average Bonchev–Trinajstić information content (AvgIpc) is 3.63. The molecule has 6 atom stereocenters. The number of rotatable bonds is 7. The second-order valence-corrected chi connectivity index (χ2v) is 13.5. The molecular formula is C30H42FN5O5. The van der Waals surface area contributed by atoms with Crippen LogP contribution in [-0.4, -0.2) is 96.4 Å². The van der Waals surface area contributed by atoms with Gasteiger partial charge < -0.3 is 25.4 Å². The maximum absolute atomic E-state index is 15.4. The van der Waals surface area contributed by atoms with Crippen LogP contribution in [-0.2, 0) is 25.5 Å². The minimum Gasteiger partial charge on any atom is -0.444 e. The zero-order chi connectivity index (χ0) is 29.1. The van der Waals surface area contributed by atoms with Crippen molar-refractivity contribution in [1.82, 2.24) is 15.1 Å². The first-order valence-electron chi connectivity index (χ1n) is 15.0. The number of hydrogen-bond acceptors (Lipinski definition) is 7. The Morgan fingerprint density at radius 2 is 1.90 bits per heavy atom. The molecule has 0 spiro atoms. The highest BCUT2D eigenvalue weighted by Crippen LogP contribution is 2.43. The molecule has 4 heterocycles. The topological polar surface area (TPSA) is 117 Å². The summed E-state index contributed by atoms with van der Waals surface area (Å²) in [4.78, 5) is 45.1. The first-order valence-corrected chi connectivity index (χ1v) is 15.0. The third-order valence-corrected chi connectivity index (χ3v) is 9.62. The van der Waals surface area contributed by atoms with E-state index in [1.54, 1.807) is 26.8 Å². The van der Waals surface area contributed by atoms with Crippen LogP contribution in [0.1, 0.15) is 52.0 Å². The quantitative estimate of drug-likeness (QED) is 0.514. The normalized spacial score (nSPS) is 30.3. The van der Waals surface area contributed by atoms with Gasteiger partial charge in [0, 0.05) is 43.8 Å². The Morgan fingerprint density at radius 1 is 1.12 bits per heavy atom. The molecule has 41 heavy (non-hydrogen) atoms. The molecule has 1 aliphatic carbocycles. The number of halogens is 1. The van der Waals surface area contributed by atoms with Crippen molar-refractivity contribution in [2.45, 2.75) is 88.7 Å². The number of fused-ring (bicyclic) bond motifs is 3. The number of carbonyl (C=O) groups is 3. The number of nitrogens with zero attached hydrogens (tertiary/aromatic N) is 3. The summed E-state index contributed by atoms with van der Waals surface area (Å²) in [5.74, 6) is -1.07.